The second kappa shape index (κ2) is 15.0. The highest BCUT2D eigenvalue weighted by molar-refractivity contribution is 5.86. The molecule has 38 heavy (non-hydrogen) atoms. The third-order valence-electron chi connectivity index (χ3n) is 6.03. The maximum absolute atomic E-state index is 13.8. The van der Waals surface area contributed by atoms with Crippen LogP contribution in [0.4, 0.5) is 18.0 Å². The van der Waals surface area contributed by atoms with E-state index in [1.165, 1.54) is 0 Å². The number of rotatable bonds is 13. The van der Waals surface area contributed by atoms with E-state index < -0.39 is 54.7 Å². The van der Waals surface area contributed by atoms with E-state index in [0.29, 0.717) is 12.0 Å². The van der Waals surface area contributed by atoms with Crippen LogP contribution in [-0.4, -0.2) is 55.9 Å². The highest BCUT2D eigenvalue weighted by atomic mass is 19.4. The monoisotopic (exact) mass is 537 g/mol. The first-order chi connectivity index (χ1) is 18.0. The van der Waals surface area contributed by atoms with Crippen molar-refractivity contribution in [3.05, 3.63) is 71.8 Å². The molecular weight excluding hydrogens is 503 g/mol. The summed E-state index contributed by atoms with van der Waals surface area (Å²) in [5.74, 6) is -2.11. The molecule has 0 spiro atoms. The lowest BCUT2D eigenvalue weighted by Gasteiger charge is -2.29. The van der Waals surface area contributed by atoms with Gasteiger partial charge in [0, 0.05) is 13.0 Å². The Bertz CT molecular complexity index is 1020. The van der Waals surface area contributed by atoms with Crippen molar-refractivity contribution in [3.8, 4) is 0 Å². The lowest BCUT2D eigenvalue weighted by Crippen LogP contribution is -2.58. The van der Waals surface area contributed by atoms with Crippen LogP contribution in [0.1, 0.15) is 31.4 Å². The predicted octanol–water partition coefficient (Wildman–Crippen LogP) is 3.75. The van der Waals surface area contributed by atoms with E-state index >= 15 is 0 Å². The number of carbonyl (C=O) groups is 3. The van der Waals surface area contributed by atoms with Gasteiger partial charge in [-0.1, -0.05) is 80.9 Å². The molecular formula is C27H34F3N3O5. The third-order valence-corrected chi connectivity index (χ3v) is 6.03. The first kappa shape index (κ1) is 30.6. The summed E-state index contributed by atoms with van der Waals surface area (Å²) in [5, 5.41) is 7.00. The standard InChI is InChI=1S/C27H34F3N3O5/c1-4-18(2)23(25(35)37-3)33-22(27(28,29)30)16-31-24(34)21(15-19-11-7-5-8-12-19)32-26(36)38-17-20-13-9-6-10-14-20/h5-14,18,21-23,33H,4,15-17H2,1-3H3,(H,31,34)(H,32,36)/t18-,21-,22-,23-/m0/s1. The number of halogens is 3. The summed E-state index contributed by atoms with van der Waals surface area (Å²) in [6.45, 7) is 2.46. The minimum atomic E-state index is -4.77. The molecule has 0 heterocycles. The van der Waals surface area contributed by atoms with E-state index in [1.807, 2.05) is 6.07 Å². The molecule has 0 unspecified atom stereocenters. The molecule has 8 nitrogen and oxygen atoms in total. The summed E-state index contributed by atoms with van der Waals surface area (Å²) >= 11 is 0. The van der Waals surface area contributed by atoms with Crippen LogP contribution in [-0.2, 0) is 32.1 Å². The smallest absolute Gasteiger partial charge is 0.408 e. The molecule has 0 aromatic heterocycles. The summed E-state index contributed by atoms with van der Waals surface area (Å²) in [6, 6.07) is 12.9. The molecule has 208 valence electrons. The minimum absolute atomic E-state index is 0.0227. The molecule has 2 aromatic rings. The minimum Gasteiger partial charge on any atom is -0.468 e. The van der Waals surface area contributed by atoms with E-state index in [0.717, 1.165) is 12.7 Å². The fraction of sp³-hybridized carbons (Fsp3) is 0.444. The predicted molar refractivity (Wildman–Crippen MR) is 135 cm³/mol. The van der Waals surface area contributed by atoms with Crippen LogP contribution in [0.5, 0.6) is 0 Å². The van der Waals surface area contributed by atoms with Gasteiger partial charge in [-0.25, -0.2) is 4.79 Å². The molecule has 0 radical (unpaired) electrons. The van der Waals surface area contributed by atoms with E-state index in [2.05, 4.69) is 20.7 Å². The van der Waals surface area contributed by atoms with Crippen molar-refractivity contribution in [2.24, 2.45) is 5.92 Å². The number of carbonyl (C=O) groups excluding carboxylic acids is 3. The second-order valence-corrected chi connectivity index (χ2v) is 8.84. The van der Waals surface area contributed by atoms with Gasteiger partial charge in [0.1, 0.15) is 24.7 Å². The number of alkyl carbamates (subject to hydrolysis) is 1. The number of ether oxygens (including phenoxy) is 2. The number of amides is 2. The summed E-state index contributed by atoms with van der Waals surface area (Å²) < 4.78 is 51.3. The molecule has 0 aliphatic rings. The Kier molecular flexibility index (Phi) is 12.1. The van der Waals surface area contributed by atoms with Gasteiger partial charge in [0.15, 0.2) is 0 Å². The van der Waals surface area contributed by atoms with Crippen LogP contribution in [0, 0.1) is 5.92 Å². The van der Waals surface area contributed by atoms with Gasteiger partial charge in [-0.05, 0) is 17.0 Å². The van der Waals surface area contributed by atoms with Crippen molar-refractivity contribution in [1.29, 1.82) is 0 Å². The Morgan fingerprint density at radius 3 is 2.05 bits per heavy atom. The fourth-order valence-electron chi connectivity index (χ4n) is 3.61. The van der Waals surface area contributed by atoms with Crippen molar-refractivity contribution in [2.45, 2.75) is 57.6 Å². The van der Waals surface area contributed by atoms with Crippen molar-refractivity contribution in [1.82, 2.24) is 16.0 Å². The van der Waals surface area contributed by atoms with Crippen LogP contribution < -0.4 is 16.0 Å². The summed E-state index contributed by atoms with van der Waals surface area (Å²) in [5.41, 5.74) is 1.41. The molecule has 0 saturated heterocycles. The Balaban J connectivity index is 2.11. The average molecular weight is 538 g/mol. The van der Waals surface area contributed by atoms with E-state index in [-0.39, 0.29) is 13.0 Å². The number of esters is 1. The topological polar surface area (TPSA) is 106 Å². The molecule has 0 aliphatic carbocycles. The maximum atomic E-state index is 13.8. The van der Waals surface area contributed by atoms with E-state index in [1.54, 1.807) is 68.4 Å². The fourth-order valence-corrected chi connectivity index (χ4v) is 3.61. The van der Waals surface area contributed by atoms with Crippen LogP contribution in [0.25, 0.3) is 0 Å². The molecule has 0 fully saturated rings. The van der Waals surface area contributed by atoms with Gasteiger partial charge in [-0.15, -0.1) is 0 Å². The first-order valence-corrected chi connectivity index (χ1v) is 12.2. The van der Waals surface area contributed by atoms with Crippen LogP contribution in [0.2, 0.25) is 0 Å². The van der Waals surface area contributed by atoms with Crippen molar-refractivity contribution < 1.29 is 37.0 Å². The number of methoxy groups -OCH3 is 1. The largest absolute Gasteiger partial charge is 0.468 e. The van der Waals surface area contributed by atoms with E-state index in [4.69, 9.17) is 4.74 Å². The highest BCUT2D eigenvalue weighted by Gasteiger charge is 2.43. The van der Waals surface area contributed by atoms with Crippen molar-refractivity contribution in [3.63, 3.8) is 0 Å². The zero-order valence-electron chi connectivity index (χ0n) is 21.6. The van der Waals surface area contributed by atoms with Gasteiger partial charge in [0.05, 0.1) is 7.11 Å². The van der Waals surface area contributed by atoms with Gasteiger partial charge < -0.3 is 20.1 Å². The van der Waals surface area contributed by atoms with Gasteiger partial charge >= 0.3 is 18.2 Å². The van der Waals surface area contributed by atoms with Crippen LogP contribution in [0.3, 0.4) is 0 Å². The number of benzene rings is 2. The molecule has 0 aliphatic heterocycles. The number of hydrogen-bond donors (Lipinski definition) is 3. The maximum Gasteiger partial charge on any atom is 0.408 e. The second-order valence-electron chi connectivity index (χ2n) is 8.84. The molecule has 2 rings (SSSR count). The van der Waals surface area contributed by atoms with Crippen LogP contribution >= 0.6 is 0 Å². The summed E-state index contributed by atoms with van der Waals surface area (Å²) in [4.78, 5) is 37.5. The highest BCUT2D eigenvalue weighted by Crippen LogP contribution is 2.22. The number of alkyl halides is 3. The van der Waals surface area contributed by atoms with E-state index in [9.17, 15) is 27.6 Å². The molecule has 0 saturated carbocycles. The molecule has 2 amide bonds. The zero-order chi connectivity index (χ0) is 28.1. The summed E-state index contributed by atoms with van der Waals surface area (Å²) in [6.07, 6.45) is -5.21. The zero-order valence-corrected chi connectivity index (χ0v) is 21.6. The lowest BCUT2D eigenvalue weighted by atomic mass is 9.98. The molecule has 4 atom stereocenters. The van der Waals surface area contributed by atoms with Gasteiger partial charge in [0.25, 0.3) is 0 Å². The summed E-state index contributed by atoms with van der Waals surface area (Å²) in [7, 11) is 1.10. The third kappa shape index (κ3) is 10.0. The SMILES string of the molecule is CC[C@H](C)[C@H](N[C@@H](CNC(=O)[C@H](Cc1ccccc1)NC(=O)OCc1ccccc1)C(F)(F)F)C(=O)OC. The Morgan fingerprint density at radius 2 is 1.53 bits per heavy atom. The lowest BCUT2D eigenvalue weighted by molar-refractivity contribution is -0.163. The molecule has 11 heteroatoms. The molecule has 0 bridgehead atoms. The van der Waals surface area contributed by atoms with Crippen molar-refractivity contribution >= 4 is 18.0 Å². The molecule has 2 aromatic carbocycles. The Morgan fingerprint density at radius 1 is 0.947 bits per heavy atom. The Labute approximate surface area is 220 Å². The Hall–Kier alpha value is -3.60. The molecule has 3 N–H and O–H groups in total. The van der Waals surface area contributed by atoms with Gasteiger partial charge in [-0.3, -0.25) is 14.9 Å². The van der Waals surface area contributed by atoms with Gasteiger partial charge in [-0.2, -0.15) is 13.2 Å². The number of nitrogens with one attached hydrogen (secondary N) is 3. The first-order valence-electron chi connectivity index (χ1n) is 12.2. The van der Waals surface area contributed by atoms with Crippen LogP contribution in [0.15, 0.2) is 60.7 Å². The normalized spacial score (nSPS) is 14.5. The van der Waals surface area contributed by atoms with Crippen molar-refractivity contribution in [2.75, 3.05) is 13.7 Å². The number of hydrogen-bond acceptors (Lipinski definition) is 6. The average Bonchev–Trinajstić information content (AvgIpc) is 2.91. The van der Waals surface area contributed by atoms with Gasteiger partial charge in [0.2, 0.25) is 5.91 Å². The quantitative estimate of drug-likeness (QED) is 0.336.